The Balaban J connectivity index is 1.63. The standard InChI is InChI=1S/C15H23F2N3O/c1-21-12-8-13(14-18-6-7-19-14)20(10-12)9-11-2-4-15(16,17)5-3-11/h6-7,11-13H,2-5,8-10H2,1H3,(H,18,19)/t12-,13?/m1/s1. The maximum atomic E-state index is 13.3. The number of halogens is 2. The van der Waals surface area contributed by atoms with E-state index in [0.29, 0.717) is 18.8 Å². The number of likely N-dealkylation sites (tertiary alicyclic amines) is 1. The highest BCUT2D eigenvalue weighted by atomic mass is 19.3. The molecule has 1 saturated carbocycles. The number of methoxy groups -OCH3 is 1. The first-order chi connectivity index (χ1) is 10.1. The molecule has 2 fully saturated rings. The molecular weight excluding hydrogens is 276 g/mol. The van der Waals surface area contributed by atoms with Crippen LogP contribution in [0.4, 0.5) is 8.78 Å². The molecule has 0 aromatic carbocycles. The summed E-state index contributed by atoms with van der Waals surface area (Å²) in [4.78, 5) is 9.88. The van der Waals surface area contributed by atoms with Crippen molar-refractivity contribution in [1.82, 2.24) is 14.9 Å². The van der Waals surface area contributed by atoms with Gasteiger partial charge in [-0.15, -0.1) is 0 Å². The fraction of sp³-hybridized carbons (Fsp3) is 0.800. The molecule has 1 aliphatic heterocycles. The van der Waals surface area contributed by atoms with E-state index in [9.17, 15) is 8.78 Å². The lowest BCUT2D eigenvalue weighted by Crippen LogP contribution is -2.35. The third kappa shape index (κ3) is 3.43. The van der Waals surface area contributed by atoms with Crippen LogP contribution in [0.25, 0.3) is 0 Å². The van der Waals surface area contributed by atoms with Crippen LogP contribution in [0.3, 0.4) is 0 Å². The van der Waals surface area contributed by atoms with E-state index >= 15 is 0 Å². The predicted octanol–water partition coefficient (Wildman–Crippen LogP) is 3.00. The van der Waals surface area contributed by atoms with E-state index in [4.69, 9.17) is 4.74 Å². The molecule has 21 heavy (non-hydrogen) atoms. The topological polar surface area (TPSA) is 41.1 Å². The minimum absolute atomic E-state index is 0.0324. The van der Waals surface area contributed by atoms with Gasteiger partial charge in [-0.3, -0.25) is 4.90 Å². The molecule has 1 aliphatic carbocycles. The Morgan fingerprint density at radius 2 is 2.19 bits per heavy atom. The van der Waals surface area contributed by atoms with Crippen molar-refractivity contribution in [3.63, 3.8) is 0 Å². The molecule has 1 aromatic rings. The lowest BCUT2D eigenvalue weighted by Gasteiger charge is -2.32. The molecule has 118 valence electrons. The van der Waals surface area contributed by atoms with Gasteiger partial charge in [0.25, 0.3) is 0 Å². The van der Waals surface area contributed by atoms with E-state index < -0.39 is 5.92 Å². The van der Waals surface area contributed by atoms with Crippen molar-refractivity contribution in [3.8, 4) is 0 Å². The minimum atomic E-state index is -2.45. The highest BCUT2D eigenvalue weighted by molar-refractivity contribution is 5.02. The number of nitrogens with one attached hydrogen (secondary N) is 1. The van der Waals surface area contributed by atoms with Gasteiger partial charge < -0.3 is 9.72 Å². The van der Waals surface area contributed by atoms with E-state index in [1.54, 1.807) is 13.3 Å². The van der Waals surface area contributed by atoms with Crippen LogP contribution in [0.1, 0.15) is 44.0 Å². The Bertz CT molecular complexity index is 442. The first kappa shape index (κ1) is 14.9. The Kier molecular flexibility index (Phi) is 4.26. The van der Waals surface area contributed by atoms with Crippen molar-refractivity contribution in [2.75, 3.05) is 20.2 Å². The summed E-state index contributed by atoms with van der Waals surface area (Å²) in [5.74, 6) is -1.13. The summed E-state index contributed by atoms with van der Waals surface area (Å²) < 4.78 is 32.0. The number of aromatic amines is 1. The smallest absolute Gasteiger partial charge is 0.248 e. The molecule has 3 rings (SSSR count). The minimum Gasteiger partial charge on any atom is -0.380 e. The van der Waals surface area contributed by atoms with Gasteiger partial charge in [0.15, 0.2) is 0 Å². The molecule has 2 atom stereocenters. The summed E-state index contributed by atoms with van der Waals surface area (Å²) in [7, 11) is 1.73. The molecule has 0 radical (unpaired) electrons. The molecule has 1 N–H and O–H groups in total. The summed E-state index contributed by atoms with van der Waals surface area (Å²) >= 11 is 0. The van der Waals surface area contributed by atoms with Gasteiger partial charge in [0.2, 0.25) is 5.92 Å². The van der Waals surface area contributed by atoms with Crippen LogP contribution < -0.4 is 0 Å². The largest absolute Gasteiger partial charge is 0.380 e. The van der Waals surface area contributed by atoms with E-state index in [1.165, 1.54) is 0 Å². The van der Waals surface area contributed by atoms with Gasteiger partial charge in [-0.2, -0.15) is 0 Å². The first-order valence-corrected chi connectivity index (χ1v) is 7.71. The monoisotopic (exact) mass is 299 g/mol. The lowest BCUT2D eigenvalue weighted by atomic mass is 9.86. The fourth-order valence-electron chi connectivity index (χ4n) is 3.59. The van der Waals surface area contributed by atoms with Crippen molar-refractivity contribution >= 4 is 0 Å². The summed E-state index contributed by atoms with van der Waals surface area (Å²) in [5.41, 5.74) is 0. The number of imidazole rings is 1. The van der Waals surface area contributed by atoms with Crippen LogP contribution >= 0.6 is 0 Å². The van der Waals surface area contributed by atoms with Crippen LogP contribution in [-0.4, -0.2) is 47.1 Å². The Morgan fingerprint density at radius 1 is 1.43 bits per heavy atom. The second-order valence-electron chi connectivity index (χ2n) is 6.34. The lowest BCUT2D eigenvalue weighted by molar-refractivity contribution is -0.0495. The normalized spacial score (nSPS) is 30.8. The third-order valence-corrected chi connectivity index (χ3v) is 4.86. The summed E-state index contributed by atoms with van der Waals surface area (Å²) in [6.45, 7) is 1.72. The molecule has 2 heterocycles. The van der Waals surface area contributed by atoms with Crippen LogP contribution in [0.2, 0.25) is 0 Å². The van der Waals surface area contributed by atoms with E-state index in [2.05, 4.69) is 14.9 Å². The Hall–Kier alpha value is -1.01. The number of ether oxygens (including phenoxy) is 1. The van der Waals surface area contributed by atoms with Gasteiger partial charge in [0.1, 0.15) is 5.82 Å². The second-order valence-corrected chi connectivity index (χ2v) is 6.34. The zero-order valence-corrected chi connectivity index (χ0v) is 12.4. The number of hydrogen-bond acceptors (Lipinski definition) is 3. The predicted molar refractivity (Wildman–Crippen MR) is 75.2 cm³/mol. The SMILES string of the molecule is CO[C@@H]1CC(c2ncc[nH]2)N(CC2CCC(F)(F)CC2)C1. The Morgan fingerprint density at radius 3 is 2.81 bits per heavy atom. The Labute approximate surface area is 123 Å². The van der Waals surface area contributed by atoms with Crippen LogP contribution in [-0.2, 0) is 4.74 Å². The van der Waals surface area contributed by atoms with Gasteiger partial charge in [0, 0.05) is 45.4 Å². The van der Waals surface area contributed by atoms with Gasteiger partial charge in [0.05, 0.1) is 12.1 Å². The van der Waals surface area contributed by atoms with E-state index in [1.807, 2.05) is 6.20 Å². The molecule has 0 spiro atoms. The van der Waals surface area contributed by atoms with Gasteiger partial charge in [-0.05, 0) is 25.2 Å². The van der Waals surface area contributed by atoms with E-state index in [-0.39, 0.29) is 25.0 Å². The highest BCUT2D eigenvalue weighted by Crippen LogP contribution is 2.39. The molecule has 1 unspecified atom stereocenters. The summed E-state index contributed by atoms with van der Waals surface area (Å²) in [6.07, 6.45) is 5.99. The summed E-state index contributed by atoms with van der Waals surface area (Å²) in [5, 5.41) is 0. The fourth-order valence-corrected chi connectivity index (χ4v) is 3.59. The number of H-pyrrole nitrogens is 1. The average Bonchev–Trinajstić information content (AvgIpc) is 3.10. The molecule has 2 aliphatic rings. The van der Waals surface area contributed by atoms with Gasteiger partial charge in [-0.1, -0.05) is 0 Å². The van der Waals surface area contributed by atoms with Crippen molar-refractivity contribution < 1.29 is 13.5 Å². The average molecular weight is 299 g/mol. The number of alkyl halides is 2. The maximum absolute atomic E-state index is 13.3. The van der Waals surface area contributed by atoms with Gasteiger partial charge >= 0.3 is 0 Å². The van der Waals surface area contributed by atoms with E-state index in [0.717, 1.165) is 25.3 Å². The molecule has 0 amide bonds. The quantitative estimate of drug-likeness (QED) is 0.929. The molecule has 4 nitrogen and oxygen atoms in total. The maximum Gasteiger partial charge on any atom is 0.248 e. The second kappa shape index (κ2) is 6.01. The zero-order chi connectivity index (χ0) is 14.9. The van der Waals surface area contributed by atoms with Crippen LogP contribution in [0.5, 0.6) is 0 Å². The van der Waals surface area contributed by atoms with Crippen molar-refractivity contribution in [2.45, 2.75) is 50.2 Å². The van der Waals surface area contributed by atoms with Crippen molar-refractivity contribution in [2.24, 2.45) is 5.92 Å². The highest BCUT2D eigenvalue weighted by Gasteiger charge is 2.39. The van der Waals surface area contributed by atoms with Crippen molar-refractivity contribution in [3.05, 3.63) is 18.2 Å². The number of nitrogens with zero attached hydrogens (tertiary/aromatic N) is 2. The zero-order valence-electron chi connectivity index (χ0n) is 12.4. The van der Waals surface area contributed by atoms with Gasteiger partial charge in [-0.25, -0.2) is 13.8 Å². The number of hydrogen-bond donors (Lipinski definition) is 1. The molecule has 0 bridgehead atoms. The number of rotatable bonds is 4. The number of aromatic nitrogens is 2. The first-order valence-electron chi connectivity index (χ1n) is 7.71. The molecular formula is C15H23F2N3O. The van der Waals surface area contributed by atoms with Crippen molar-refractivity contribution in [1.29, 1.82) is 0 Å². The molecule has 6 heteroatoms. The van der Waals surface area contributed by atoms with Crippen LogP contribution in [0.15, 0.2) is 12.4 Å². The molecule has 1 saturated heterocycles. The molecule has 1 aromatic heterocycles. The van der Waals surface area contributed by atoms with Crippen LogP contribution in [0, 0.1) is 5.92 Å². The third-order valence-electron chi connectivity index (χ3n) is 4.86. The summed E-state index contributed by atoms with van der Waals surface area (Å²) in [6, 6.07) is 0.215.